The lowest BCUT2D eigenvalue weighted by Gasteiger charge is -2.02. The van der Waals surface area contributed by atoms with Crippen molar-refractivity contribution in [1.29, 1.82) is 0 Å². The van der Waals surface area contributed by atoms with E-state index in [9.17, 15) is 4.79 Å². The van der Waals surface area contributed by atoms with Crippen molar-refractivity contribution in [1.82, 2.24) is 14.0 Å². The van der Waals surface area contributed by atoms with Gasteiger partial charge < -0.3 is 9.30 Å². The molecule has 0 saturated carbocycles. The lowest BCUT2D eigenvalue weighted by Crippen LogP contribution is -2.09. The van der Waals surface area contributed by atoms with Crippen LogP contribution in [0.2, 0.25) is 0 Å². The van der Waals surface area contributed by atoms with E-state index in [-0.39, 0.29) is 5.97 Å². The molecule has 3 rings (SSSR count). The monoisotopic (exact) mass is 285 g/mol. The van der Waals surface area contributed by atoms with Gasteiger partial charge in [-0.3, -0.25) is 4.40 Å². The highest BCUT2D eigenvalue weighted by Gasteiger charge is 2.23. The van der Waals surface area contributed by atoms with Gasteiger partial charge in [-0.05, 0) is 32.4 Å². The standard InChI is InChI=1S/C16H19N3O2/c1-4-10-18-12-8-6-7-9-13(12)19-14(15(20)21-5-2)11(3)17-16(18)19/h6-9H,4-5,10H2,1-3H3. The van der Waals surface area contributed by atoms with E-state index in [1.54, 1.807) is 0 Å². The van der Waals surface area contributed by atoms with Crippen LogP contribution in [0.5, 0.6) is 0 Å². The number of aryl methyl sites for hydroxylation is 2. The van der Waals surface area contributed by atoms with Crippen LogP contribution in [0.3, 0.4) is 0 Å². The van der Waals surface area contributed by atoms with Gasteiger partial charge >= 0.3 is 5.97 Å². The number of nitrogens with zero attached hydrogens (tertiary/aromatic N) is 3. The first-order valence-corrected chi connectivity index (χ1v) is 7.32. The van der Waals surface area contributed by atoms with Crippen molar-refractivity contribution in [3.63, 3.8) is 0 Å². The van der Waals surface area contributed by atoms with Gasteiger partial charge in [0.05, 0.1) is 23.3 Å². The van der Waals surface area contributed by atoms with Crippen LogP contribution in [0.25, 0.3) is 16.8 Å². The maximum absolute atomic E-state index is 12.3. The Morgan fingerprint density at radius 3 is 2.62 bits per heavy atom. The van der Waals surface area contributed by atoms with Crippen molar-refractivity contribution < 1.29 is 9.53 Å². The smallest absolute Gasteiger partial charge is 0.357 e. The second-order valence-electron chi connectivity index (χ2n) is 5.04. The summed E-state index contributed by atoms with van der Waals surface area (Å²) in [6.45, 7) is 7.03. The molecule has 5 nitrogen and oxygen atoms in total. The lowest BCUT2D eigenvalue weighted by atomic mass is 10.3. The Balaban J connectivity index is 2.37. The maximum Gasteiger partial charge on any atom is 0.357 e. The van der Waals surface area contributed by atoms with Gasteiger partial charge in [0.25, 0.3) is 0 Å². The van der Waals surface area contributed by atoms with Crippen LogP contribution in [-0.2, 0) is 11.3 Å². The predicted octanol–water partition coefficient (Wildman–Crippen LogP) is 3.18. The molecule has 0 aliphatic rings. The molecular formula is C16H19N3O2. The molecule has 2 aromatic heterocycles. The van der Waals surface area contributed by atoms with E-state index in [0.29, 0.717) is 18.0 Å². The Morgan fingerprint density at radius 1 is 1.24 bits per heavy atom. The van der Waals surface area contributed by atoms with Crippen LogP contribution in [0.4, 0.5) is 0 Å². The van der Waals surface area contributed by atoms with E-state index in [4.69, 9.17) is 4.74 Å². The summed E-state index contributed by atoms with van der Waals surface area (Å²) in [5, 5.41) is 0. The third-order valence-corrected chi connectivity index (χ3v) is 3.60. The molecule has 0 bridgehead atoms. The number of imidazole rings is 2. The second-order valence-corrected chi connectivity index (χ2v) is 5.04. The molecule has 0 spiro atoms. The van der Waals surface area contributed by atoms with Crippen molar-refractivity contribution in [2.24, 2.45) is 0 Å². The van der Waals surface area contributed by atoms with E-state index < -0.39 is 0 Å². The second kappa shape index (κ2) is 5.24. The van der Waals surface area contributed by atoms with Gasteiger partial charge in [0.2, 0.25) is 5.78 Å². The van der Waals surface area contributed by atoms with E-state index in [2.05, 4.69) is 22.5 Å². The molecule has 0 amide bonds. The summed E-state index contributed by atoms with van der Waals surface area (Å²) in [6, 6.07) is 8.05. The third-order valence-electron chi connectivity index (χ3n) is 3.60. The summed E-state index contributed by atoms with van der Waals surface area (Å²) in [6.07, 6.45) is 1.01. The van der Waals surface area contributed by atoms with E-state index in [0.717, 1.165) is 29.8 Å². The highest BCUT2D eigenvalue weighted by molar-refractivity contribution is 5.93. The molecule has 0 N–H and O–H groups in total. The van der Waals surface area contributed by atoms with Crippen LogP contribution in [-0.4, -0.2) is 26.5 Å². The molecule has 21 heavy (non-hydrogen) atoms. The Bertz CT molecular complexity index is 814. The number of hydrogen-bond acceptors (Lipinski definition) is 3. The number of carbonyl (C=O) groups is 1. The van der Waals surface area contributed by atoms with Gasteiger partial charge in [0.15, 0.2) is 5.69 Å². The topological polar surface area (TPSA) is 48.5 Å². The molecule has 110 valence electrons. The Hall–Kier alpha value is -2.30. The molecule has 0 atom stereocenters. The zero-order valence-corrected chi connectivity index (χ0v) is 12.6. The average Bonchev–Trinajstić information content (AvgIpc) is 2.95. The van der Waals surface area contributed by atoms with Gasteiger partial charge in [-0.2, -0.15) is 0 Å². The van der Waals surface area contributed by atoms with Crippen LogP contribution in [0.1, 0.15) is 36.5 Å². The number of hydrogen-bond donors (Lipinski definition) is 0. The minimum absolute atomic E-state index is 0.318. The molecular weight excluding hydrogens is 266 g/mol. The summed E-state index contributed by atoms with van der Waals surface area (Å²) < 4.78 is 9.26. The average molecular weight is 285 g/mol. The maximum atomic E-state index is 12.3. The molecule has 2 heterocycles. The normalized spacial score (nSPS) is 11.4. The minimum atomic E-state index is -0.318. The molecule has 0 unspecified atom stereocenters. The molecule has 5 heteroatoms. The Labute approximate surface area is 123 Å². The summed E-state index contributed by atoms with van der Waals surface area (Å²) in [7, 11) is 0. The number of esters is 1. The predicted molar refractivity (Wildman–Crippen MR) is 81.7 cm³/mol. The van der Waals surface area contributed by atoms with E-state index in [1.807, 2.05) is 36.4 Å². The van der Waals surface area contributed by atoms with Crippen molar-refractivity contribution in [3.05, 3.63) is 35.7 Å². The summed E-state index contributed by atoms with van der Waals surface area (Å²) >= 11 is 0. The zero-order valence-electron chi connectivity index (χ0n) is 12.6. The molecule has 0 aliphatic carbocycles. The van der Waals surface area contributed by atoms with E-state index in [1.165, 1.54) is 0 Å². The SMILES string of the molecule is CCCn1c2ccccc2n2c(C(=O)OCC)c(C)nc12. The van der Waals surface area contributed by atoms with Crippen molar-refractivity contribution in [3.8, 4) is 0 Å². The number of ether oxygens (including phenoxy) is 1. The van der Waals surface area contributed by atoms with Gasteiger partial charge in [-0.1, -0.05) is 19.1 Å². The minimum Gasteiger partial charge on any atom is -0.461 e. The molecule has 0 radical (unpaired) electrons. The number of fused-ring (bicyclic) bond motifs is 3. The highest BCUT2D eigenvalue weighted by Crippen LogP contribution is 2.25. The zero-order chi connectivity index (χ0) is 15.0. The molecule has 3 aromatic rings. The molecule has 0 fully saturated rings. The van der Waals surface area contributed by atoms with E-state index >= 15 is 0 Å². The molecule has 1 aromatic carbocycles. The van der Waals surface area contributed by atoms with Crippen LogP contribution in [0, 0.1) is 6.92 Å². The number of carbonyl (C=O) groups excluding carboxylic acids is 1. The lowest BCUT2D eigenvalue weighted by molar-refractivity contribution is 0.0518. The van der Waals surface area contributed by atoms with Crippen molar-refractivity contribution >= 4 is 22.8 Å². The van der Waals surface area contributed by atoms with Crippen molar-refractivity contribution in [2.45, 2.75) is 33.7 Å². The fourth-order valence-electron chi connectivity index (χ4n) is 2.80. The molecule has 0 saturated heterocycles. The van der Waals surface area contributed by atoms with Crippen LogP contribution < -0.4 is 0 Å². The van der Waals surface area contributed by atoms with Gasteiger partial charge in [-0.25, -0.2) is 9.78 Å². The first kappa shape index (κ1) is 13.7. The fourth-order valence-corrected chi connectivity index (χ4v) is 2.80. The van der Waals surface area contributed by atoms with Crippen LogP contribution in [0.15, 0.2) is 24.3 Å². The largest absolute Gasteiger partial charge is 0.461 e. The number of aromatic nitrogens is 3. The first-order chi connectivity index (χ1) is 10.2. The number of benzene rings is 1. The van der Waals surface area contributed by atoms with Crippen LogP contribution >= 0.6 is 0 Å². The van der Waals surface area contributed by atoms with Gasteiger partial charge in [0, 0.05) is 6.54 Å². The fraction of sp³-hybridized carbons (Fsp3) is 0.375. The quantitative estimate of drug-likeness (QED) is 0.692. The Kier molecular flexibility index (Phi) is 3.41. The molecule has 0 aliphatic heterocycles. The number of para-hydroxylation sites is 2. The summed E-state index contributed by atoms with van der Waals surface area (Å²) in [4.78, 5) is 16.9. The van der Waals surface area contributed by atoms with Crippen molar-refractivity contribution in [2.75, 3.05) is 6.61 Å². The number of rotatable bonds is 4. The first-order valence-electron chi connectivity index (χ1n) is 7.32. The summed E-state index contributed by atoms with van der Waals surface area (Å²) in [5.41, 5.74) is 3.31. The third kappa shape index (κ3) is 2.00. The Morgan fingerprint density at radius 2 is 1.95 bits per heavy atom. The summed E-state index contributed by atoms with van der Waals surface area (Å²) in [5.74, 6) is 0.487. The van der Waals surface area contributed by atoms with Gasteiger partial charge in [-0.15, -0.1) is 0 Å². The highest BCUT2D eigenvalue weighted by atomic mass is 16.5. The van der Waals surface area contributed by atoms with Gasteiger partial charge in [0.1, 0.15) is 0 Å².